The van der Waals surface area contributed by atoms with Crippen LogP contribution in [0.1, 0.15) is 30.9 Å². The van der Waals surface area contributed by atoms with Gasteiger partial charge in [0, 0.05) is 58.4 Å². The van der Waals surface area contributed by atoms with Crippen LogP contribution >= 0.6 is 0 Å². The highest BCUT2D eigenvalue weighted by Crippen LogP contribution is 2.37. The lowest BCUT2D eigenvalue weighted by atomic mass is 9.82. The lowest BCUT2D eigenvalue weighted by molar-refractivity contribution is -0.136. The summed E-state index contributed by atoms with van der Waals surface area (Å²) in [5.74, 6) is 0.934. The summed E-state index contributed by atoms with van der Waals surface area (Å²) >= 11 is 0. The van der Waals surface area contributed by atoms with E-state index in [1.54, 1.807) is 10.9 Å². The van der Waals surface area contributed by atoms with Crippen molar-refractivity contribution in [3.8, 4) is 0 Å². The zero-order valence-corrected chi connectivity index (χ0v) is 19.4. The monoisotopic (exact) mass is 445 g/mol. The van der Waals surface area contributed by atoms with Crippen molar-refractivity contribution in [2.45, 2.75) is 38.3 Å². The first-order valence-electron chi connectivity index (χ1n) is 11.7. The fourth-order valence-electron chi connectivity index (χ4n) is 5.05. The second kappa shape index (κ2) is 8.94. The molecule has 2 aliphatic rings. The zero-order chi connectivity index (χ0) is 22.8. The van der Waals surface area contributed by atoms with Crippen molar-refractivity contribution in [2.75, 3.05) is 36.0 Å². The third kappa shape index (κ3) is 4.11. The van der Waals surface area contributed by atoms with Gasteiger partial charge in [0.05, 0.1) is 11.9 Å². The standard InChI is InChI=1S/C25H31N7O/c1-3-20-15-26-24(27-16-20)30-11-9-25(10-12-30)23(33)32(22-17-28-29(2)19-22)14-13-31(25)18-21-7-5-4-6-8-21/h4-8,15-17,19H,3,9-14,18H2,1-2H3. The van der Waals surface area contributed by atoms with E-state index in [4.69, 9.17) is 0 Å². The first-order valence-corrected chi connectivity index (χ1v) is 11.7. The number of carbonyl (C=O) groups is 1. The normalized spacial score (nSPS) is 18.8. The maximum Gasteiger partial charge on any atom is 0.247 e. The Kier molecular flexibility index (Phi) is 5.85. The highest BCUT2D eigenvalue weighted by atomic mass is 16.2. The molecule has 0 atom stereocenters. The van der Waals surface area contributed by atoms with Gasteiger partial charge in [0.15, 0.2) is 0 Å². The van der Waals surface area contributed by atoms with E-state index < -0.39 is 5.54 Å². The number of piperidine rings is 1. The molecular formula is C25H31N7O. The lowest BCUT2D eigenvalue weighted by Gasteiger charge is -2.52. The van der Waals surface area contributed by atoms with Gasteiger partial charge in [-0.3, -0.25) is 14.4 Å². The molecule has 0 saturated carbocycles. The van der Waals surface area contributed by atoms with Crippen molar-refractivity contribution < 1.29 is 4.79 Å². The second-order valence-electron chi connectivity index (χ2n) is 9.00. The Morgan fingerprint density at radius 3 is 2.30 bits per heavy atom. The summed E-state index contributed by atoms with van der Waals surface area (Å²) in [6.07, 6.45) is 9.95. The summed E-state index contributed by atoms with van der Waals surface area (Å²) in [4.78, 5) is 29.7. The van der Waals surface area contributed by atoms with Crippen molar-refractivity contribution in [1.82, 2.24) is 24.6 Å². The van der Waals surface area contributed by atoms with Gasteiger partial charge in [0.1, 0.15) is 5.54 Å². The van der Waals surface area contributed by atoms with E-state index in [1.165, 1.54) is 5.56 Å². The molecule has 8 heteroatoms. The van der Waals surface area contributed by atoms with Crippen LogP contribution in [-0.4, -0.2) is 62.3 Å². The quantitative estimate of drug-likeness (QED) is 0.601. The highest BCUT2D eigenvalue weighted by Gasteiger charge is 2.51. The van der Waals surface area contributed by atoms with E-state index >= 15 is 0 Å². The van der Waals surface area contributed by atoms with Crippen LogP contribution in [-0.2, 0) is 24.8 Å². The first kappa shape index (κ1) is 21.6. The van der Waals surface area contributed by atoms with Gasteiger partial charge in [-0.1, -0.05) is 37.3 Å². The first-order chi connectivity index (χ1) is 16.1. The SMILES string of the molecule is CCc1cnc(N2CCC3(CC2)C(=O)N(c2cnn(C)c2)CCN3Cc2ccccc2)nc1. The predicted molar refractivity (Wildman–Crippen MR) is 128 cm³/mol. The third-order valence-electron chi connectivity index (χ3n) is 7.03. The molecule has 2 fully saturated rings. The van der Waals surface area contributed by atoms with Gasteiger partial charge in [-0.05, 0) is 30.4 Å². The molecule has 3 aromatic rings. The van der Waals surface area contributed by atoms with E-state index in [0.717, 1.165) is 62.6 Å². The van der Waals surface area contributed by atoms with Crippen molar-refractivity contribution in [3.05, 3.63) is 66.2 Å². The average Bonchev–Trinajstić information content (AvgIpc) is 3.29. The van der Waals surface area contributed by atoms with Gasteiger partial charge in [-0.25, -0.2) is 9.97 Å². The second-order valence-corrected chi connectivity index (χ2v) is 9.00. The van der Waals surface area contributed by atoms with Gasteiger partial charge in [-0.2, -0.15) is 5.10 Å². The molecule has 0 N–H and O–H groups in total. The molecule has 33 heavy (non-hydrogen) atoms. The van der Waals surface area contributed by atoms with Crippen LogP contribution < -0.4 is 9.80 Å². The Morgan fingerprint density at radius 1 is 0.939 bits per heavy atom. The molecular weight excluding hydrogens is 414 g/mol. The summed E-state index contributed by atoms with van der Waals surface area (Å²) in [7, 11) is 1.89. The number of piperazine rings is 1. The summed E-state index contributed by atoms with van der Waals surface area (Å²) < 4.78 is 1.76. The Bertz CT molecular complexity index is 1090. The molecule has 1 spiro atoms. The van der Waals surface area contributed by atoms with Gasteiger partial charge in [-0.15, -0.1) is 0 Å². The minimum atomic E-state index is -0.538. The number of nitrogens with zero attached hydrogens (tertiary/aromatic N) is 7. The van der Waals surface area contributed by atoms with Crippen LogP contribution in [0, 0.1) is 0 Å². The number of benzene rings is 1. The number of anilines is 2. The van der Waals surface area contributed by atoms with Crippen LogP contribution in [0.25, 0.3) is 0 Å². The lowest BCUT2D eigenvalue weighted by Crippen LogP contribution is -2.68. The number of aromatic nitrogens is 4. The minimum Gasteiger partial charge on any atom is -0.341 e. The topological polar surface area (TPSA) is 70.4 Å². The highest BCUT2D eigenvalue weighted by molar-refractivity contribution is 6.01. The molecule has 0 aliphatic carbocycles. The number of carbonyl (C=O) groups excluding carboxylic acids is 1. The number of hydrogen-bond acceptors (Lipinski definition) is 6. The molecule has 0 radical (unpaired) electrons. The van der Waals surface area contributed by atoms with Crippen LogP contribution in [0.4, 0.5) is 11.6 Å². The fraction of sp³-hybridized carbons (Fsp3) is 0.440. The number of amides is 1. The van der Waals surface area contributed by atoms with Gasteiger partial charge < -0.3 is 9.80 Å². The fourth-order valence-corrected chi connectivity index (χ4v) is 5.05. The van der Waals surface area contributed by atoms with Gasteiger partial charge >= 0.3 is 0 Å². The average molecular weight is 446 g/mol. The van der Waals surface area contributed by atoms with Crippen LogP contribution in [0.3, 0.4) is 0 Å². The molecule has 1 aromatic carbocycles. The van der Waals surface area contributed by atoms with Crippen molar-refractivity contribution in [1.29, 1.82) is 0 Å². The molecule has 2 aromatic heterocycles. The maximum absolute atomic E-state index is 14.0. The molecule has 2 saturated heterocycles. The largest absolute Gasteiger partial charge is 0.341 e. The number of rotatable bonds is 5. The van der Waals surface area contributed by atoms with Crippen molar-refractivity contribution >= 4 is 17.5 Å². The Morgan fingerprint density at radius 2 is 1.67 bits per heavy atom. The molecule has 1 amide bonds. The molecule has 4 heterocycles. The van der Waals surface area contributed by atoms with Crippen LogP contribution in [0.15, 0.2) is 55.1 Å². The maximum atomic E-state index is 14.0. The minimum absolute atomic E-state index is 0.180. The Labute approximate surface area is 194 Å². The molecule has 172 valence electrons. The van der Waals surface area contributed by atoms with E-state index in [1.807, 2.05) is 36.6 Å². The molecule has 2 aliphatic heterocycles. The van der Waals surface area contributed by atoms with Crippen molar-refractivity contribution in [3.63, 3.8) is 0 Å². The van der Waals surface area contributed by atoms with Crippen LogP contribution in [0.5, 0.6) is 0 Å². The number of hydrogen-bond donors (Lipinski definition) is 0. The third-order valence-corrected chi connectivity index (χ3v) is 7.03. The van der Waals surface area contributed by atoms with E-state index in [0.29, 0.717) is 6.54 Å². The van der Waals surface area contributed by atoms with Crippen LogP contribution in [0.2, 0.25) is 0 Å². The van der Waals surface area contributed by atoms with Crippen molar-refractivity contribution in [2.24, 2.45) is 7.05 Å². The zero-order valence-electron chi connectivity index (χ0n) is 19.4. The summed E-state index contributed by atoms with van der Waals surface area (Å²) in [5.41, 5.74) is 2.71. The predicted octanol–water partition coefficient (Wildman–Crippen LogP) is 2.66. The smallest absolute Gasteiger partial charge is 0.247 e. The van der Waals surface area contributed by atoms with E-state index in [9.17, 15) is 4.79 Å². The summed E-state index contributed by atoms with van der Waals surface area (Å²) in [6, 6.07) is 10.5. The Hall–Kier alpha value is -3.26. The van der Waals surface area contributed by atoms with E-state index in [2.05, 4.69) is 56.1 Å². The molecule has 0 unspecified atom stereocenters. The Balaban J connectivity index is 1.41. The molecule has 0 bridgehead atoms. The van der Waals surface area contributed by atoms with Gasteiger partial charge in [0.25, 0.3) is 0 Å². The number of aryl methyl sites for hydroxylation is 2. The molecule has 5 rings (SSSR count). The summed E-state index contributed by atoms with van der Waals surface area (Å²) in [5, 5.41) is 4.30. The van der Waals surface area contributed by atoms with E-state index in [-0.39, 0.29) is 5.91 Å². The van der Waals surface area contributed by atoms with Gasteiger partial charge in [0.2, 0.25) is 11.9 Å². The summed E-state index contributed by atoms with van der Waals surface area (Å²) in [6.45, 7) is 5.89. The molecule has 8 nitrogen and oxygen atoms in total.